The number of para-hydroxylation sites is 2. The third-order valence-electron chi connectivity index (χ3n) is 9.15. The van der Waals surface area contributed by atoms with Gasteiger partial charge in [0.25, 0.3) is 0 Å². The van der Waals surface area contributed by atoms with Crippen molar-refractivity contribution in [2.75, 3.05) is 13.2 Å². The SMILES string of the molecule is c1ccc(CC2COC(C(Cc3ccc4ccccc4n3)(Cc3ccc4ccccc4n3)C3=NC(Cc4ccccc4)CO3)=N2)cc1. The van der Waals surface area contributed by atoms with Gasteiger partial charge in [-0.3, -0.25) is 9.97 Å². The minimum atomic E-state index is -0.832. The van der Waals surface area contributed by atoms with Crippen molar-refractivity contribution in [3.8, 4) is 0 Å². The smallest absolute Gasteiger partial charge is 0.200 e. The summed E-state index contributed by atoms with van der Waals surface area (Å²) in [7, 11) is 0. The summed E-state index contributed by atoms with van der Waals surface area (Å²) in [6.07, 6.45) is 2.62. The molecule has 47 heavy (non-hydrogen) atoms. The zero-order valence-electron chi connectivity index (χ0n) is 26.2. The third kappa shape index (κ3) is 6.24. The summed E-state index contributed by atoms with van der Waals surface area (Å²) >= 11 is 0. The molecule has 6 aromatic rings. The van der Waals surface area contributed by atoms with Crippen LogP contribution in [0.2, 0.25) is 0 Å². The predicted molar refractivity (Wildman–Crippen MR) is 188 cm³/mol. The molecule has 232 valence electrons. The van der Waals surface area contributed by atoms with E-state index in [2.05, 4.69) is 97.1 Å². The molecular formula is C41H36N4O2. The van der Waals surface area contributed by atoms with Crippen LogP contribution in [0.1, 0.15) is 22.5 Å². The Bertz CT molecular complexity index is 1930. The van der Waals surface area contributed by atoms with E-state index in [0.717, 1.165) is 46.0 Å². The molecule has 4 heterocycles. The van der Waals surface area contributed by atoms with E-state index < -0.39 is 5.41 Å². The molecule has 0 aliphatic carbocycles. The first-order valence-electron chi connectivity index (χ1n) is 16.4. The van der Waals surface area contributed by atoms with Crippen molar-refractivity contribution in [3.05, 3.63) is 156 Å². The van der Waals surface area contributed by atoms with E-state index in [1.165, 1.54) is 11.1 Å². The molecule has 8 rings (SSSR count). The maximum Gasteiger partial charge on any atom is 0.200 e. The van der Waals surface area contributed by atoms with Gasteiger partial charge in [0.05, 0.1) is 23.1 Å². The summed E-state index contributed by atoms with van der Waals surface area (Å²) in [5.74, 6) is 1.31. The van der Waals surface area contributed by atoms with E-state index in [0.29, 0.717) is 37.9 Å². The van der Waals surface area contributed by atoms with Crippen LogP contribution in [0.5, 0.6) is 0 Å². The molecule has 2 atom stereocenters. The Morgan fingerprint density at radius 3 is 1.38 bits per heavy atom. The molecule has 2 aliphatic heterocycles. The van der Waals surface area contributed by atoms with Crippen molar-refractivity contribution in [3.63, 3.8) is 0 Å². The number of benzene rings is 4. The van der Waals surface area contributed by atoms with Crippen LogP contribution >= 0.6 is 0 Å². The van der Waals surface area contributed by atoms with Crippen molar-refractivity contribution in [2.24, 2.45) is 15.4 Å². The standard InChI is InChI=1S/C41H36N4O2/c1-3-11-29(12-4-1)23-35-27-46-39(44-35)41(25-33-21-19-31-15-7-9-17-37(31)42-33,26-34-22-20-32-16-8-10-18-38(32)43-34)40-45-36(28-47-40)24-30-13-5-2-6-14-30/h1-22,35-36H,23-28H2. The van der Waals surface area contributed by atoms with Crippen LogP contribution in [0.3, 0.4) is 0 Å². The van der Waals surface area contributed by atoms with Crippen molar-refractivity contribution in [1.29, 1.82) is 0 Å². The molecule has 6 nitrogen and oxygen atoms in total. The van der Waals surface area contributed by atoms with Gasteiger partial charge in [0.1, 0.15) is 18.6 Å². The summed E-state index contributed by atoms with van der Waals surface area (Å²) in [5.41, 5.74) is 5.41. The van der Waals surface area contributed by atoms with Crippen molar-refractivity contribution in [2.45, 2.75) is 37.8 Å². The molecule has 6 heteroatoms. The minimum Gasteiger partial charge on any atom is -0.478 e. The van der Waals surface area contributed by atoms with Gasteiger partial charge in [-0.2, -0.15) is 0 Å². The number of pyridine rings is 2. The van der Waals surface area contributed by atoms with E-state index in [1.807, 2.05) is 36.4 Å². The largest absolute Gasteiger partial charge is 0.478 e. The zero-order valence-corrected chi connectivity index (χ0v) is 26.2. The number of hydrogen-bond acceptors (Lipinski definition) is 6. The maximum absolute atomic E-state index is 6.62. The average molecular weight is 617 g/mol. The van der Waals surface area contributed by atoms with Crippen molar-refractivity contribution in [1.82, 2.24) is 9.97 Å². The highest BCUT2D eigenvalue weighted by molar-refractivity contribution is 6.07. The molecule has 4 aromatic carbocycles. The van der Waals surface area contributed by atoms with Gasteiger partial charge in [-0.05, 0) is 48.2 Å². The predicted octanol–water partition coefficient (Wildman–Crippen LogP) is 7.63. The van der Waals surface area contributed by atoms with E-state index >= 15 is 0 Å². The molecule has 2 aliphatic rings. The summed E-state index contributed by atoms with van der Waals surface area (Å²) < 4.78 is 13.2. The lowest BCUT2D eigenvalue weighted by Gasteiger charge is -2.32. The number of rotatable bonds is 10. The molecule has 0 N–H and O–H groups in total. The first-order valence-corrected chi connectivity index (χ1v) is 16.4. The molecule has 2 aromatic heterocycles. The summed E-state index contributed by atoms with van der Waals surface area (Å²) in [4.78, 5) is 20.9. The van der Waals surface area contributed by atoms with Gasteiger partial charge in [0.2, 0.25) is 0 Å². The highest BCUT2D eigenvalue weighted by Gasteiger charge is 2.50. The van der Waals surface area contributed by atoms with Crippen LogP contribution in [0.4, 0.5) is 0 Å². The molecule has 0 fully saturated rings. The Balaban J connectivity index is 1.24. The monoisotopic (exact) mass is 616 g/mol. The Kier molecular flexibility index (Phi) is 7.92. The van der Waals surface area contributed by atoms with Gasteiger partial charge in [0.15, 0.2) is 11.8 Å². The number of ether oxygens (including phenoxy) is 2. The number of fused-ring (bicyclic) bond motifs is 2. The van der Waals surface area contributed by atoms with Crippen LogP contribution in [-0.2, 0) is 35.2 Å². The third-order valence-corrected chi connectivity index (χ3v) is 9.15. The lowest BCUT2D eigenvalue weighted by molar-refractivity contribution is 0.247. The second kappa shape index (κ2) is 12.8. The van der Waals surface area contributed by atoms with E-state index in [9.17, 15) is 0 Å². The van der Waals surface area contributed by atoms with Gasteiger partial charge in [-0.25, -0.2) is 9.98 Å². The second-order valence-electron chi connectivity index (χ2n) is 12.6. The van der Waals surface area contributed by atoms with Gasteiger partial charge in [0, 0.05) is 35.0 Å². The lowest BCUT2D eigenvalue weighted by Crippen LogP contribution is -2.44. The van der Waals surface area contributed by atoms with E-state index in [-0.39, 0.29) is 12.1 Å². The number of aromatic nitrogens is 2. The number of nitrogens with zero attached hydrogens (tertiary/aromatic N) is 4. The zero-order chi connectivity index (χ0) is 31.5. The van der Waals surface area contributed by atoms with Crippen molar-refractivity contribution >= 4 is 33.6 Å². The molecule has 0 amide bonds. The fourth-order valence-corrected chi connectivity index (χ4v) is 6.82. The van der Waals surface area contributed by atoms with Gasteiger partial charge in [-0.1, -0.05) is 109 Å². The molecular weight excluding hydrogens is 580 g/mol. The molecule has 0 radical (unpaired) electrons. The molecule has 0 bridgehead atoms. The highest BCUT2D eigenvalue weighted by atomic mass is 16.5. The Morgan fingerprint density at radius 2 is 0.915 bits per heavy atom. The van der Waals surface area contributed by atoms with Crippen LogP contribution in [0.25, 0.3) is 21.8 Å². The van der Waals surface area contributed by atoms with Gasteiger partial charge in [-0.15, -0.1) is 0 Å². The molecule has 0 spiro atoms. The van der Waals surface area contributed by atoms with Crippen LogP contribution in [0.15, 0.2) is 143 Å². The van der Waals surface area contributed by atoms with Crippen LogP contribution < -0.4 is 0 Å². The topological polar surface area (TPSA) is 69.0 Å². The lowest BCUT2D eigenvalue weighted by atomic mass is 9.77. The summed E-state index contributed by atoms with van der Waals surface area (Å²) in [6, 6.07) is 45.9. The Labute approximate surface area is 274 Å². The first-order chi connectivity index (χ1) is 23.2. The van der Waals surface area contributed by atoms with Gasteiger partial charge >= 0.3 is 0 Å². The van der Waals surface area contributed by atoms with Crippen molar-refractivity contribution < 1.29 is 9.47 Å². The minimum absolute atomic E-state index is 0.0111. The maximum atomic E-state index is 6.62. The normalized spacial score (nSPS) is 17.7. The molecule has 0 saturated heterocycles. The molecule has 2 unspecified atom stereocenters. The van der Waals surface area contributed by atoms with E-state index in [1.54, 1.807) is 0 Å². The van der Waals surface area contributed by atoms with E-state index in [4.69, 9.17) is 29.4 Å². The number of hydrogen-bond donors (Lipinski definition) is 0. The van der Waals surface area contributed by atoms with Crippen LogP contribution in [0, 0.1) is 5.41 Å². The Morgan fingerprint density at radius 1 is 0.489 bits per heavy atom. The Hall–Kier alpha value is -5.36. The summed E-state index contributed by atoms with van der Waals surface area (Å²) in [5, 5.41) is 2.21. The number of aliphatic imine (C=N–C) groups is 2. The fraction of sp³-hybridized carbons (Fsp3) is 0.220. The average Bonchev–Trinajstić information content (AvgIpc) is 3.79. The van der Waals surface area contributed by atoms with Gasteiger partial charge < -0.3 is 9.47 Å². The highest BCUT2D eigenvalue weighted by Crippen LogP contribution is 2.38. The van der Waals surface area contributed by atoms with Crippen LogP contribution in [-0.4, -0.2) is 47.1 Å². The fourth-order valence-electron chi connectivity index (χ4n) is 6.82. The summed E-state index contributed by atoms with van der Waals surface area (Å²) in [6.45, 7) is 1.01. The quantitative estimate of drug-likeness (QED) is 0.159. The second-order valence-corrected chi connectivity index (χ2v) is 12.6. The molecule has 0 saturated carbocycles. The first kappa shape index (κ1) is 29.1.